The second-order valence-electron chi connectivity index (χ2n) is 7.69. The monoisotopic (exact) mass is 411 g/mol. The van der Waals surface area contributed by atoms with Crippen molar-refractivity contribution >= 4 is 23.2 Å². The zero-order chi connectivity index (χ0) is 20.9. The third-order valence-corrected chi connectivity index (χ3v) is 5.52. The summed E-state index contributed by atoms with van der Waals surface area (Å²) in [5, 5.41) is 5.50. The van der Waals surface area contributed by atoms with Crippen LogP contribution in [0.15, 0.2) is 42.5 Å². The molecule has 2 aliphatic heterocycles. The smallest absolute Gasteiger partial charge is 0.253 e. The highest BCUT2D eigenvalue weighted by Gasteiger charge is 2.24. The van der Waals surface area contributed by atoms with Crippen molar-refractivity contribution in [3.05, 3.63) is 59.4 Å². The number of para-hydroxylation sites is 1. The quantitative estimate of drug-likeness (QED) is 0.766. The molecule has 0 saturated carbocycles. The lowest BCUT2D eigenvalue weighted by Crippen LogP contribution is -2.37. The lowest BCUT2D eigenvalue weighted by atomic mass is 10.0. The van der Waals surface area contributed by atoms with Crippen LogP contribution in [-0.4, -0.2) is 44.2 Å². The minimum atomic E-state index is -0.574. The number of carbonyl (C=O) groups excluding carboxylic acids is 2. The molecule has 30 heavy (non-hydrogen) atoms. The fraction of sp³-hybridized carbons (Fsp3) is 0.391. The molecule has 0 aliphatic carbocycles. The van der Waals surface area contributed by atoms with Crippen LogP contribution in [0.3, 0.4) is 0 Å². The molecule has 0 bridgehead atoms. The van der Waals surface area contributed by atoms with E-state index in [9.17, 15) is 14.0 Å². The van der Waals surface area contributed by atoms with E-state index in [2.05, 4.69) is 27.7 Å². The first-order chi connectivity index (χ1) is 14.6. The van der Waals surface area contributed by atoms with E-state index in [1.54, 1.807) is 0 Å². The number of carbonyl (C=O) groups is 2. The molecule has 4 rings (SSSR count). The molecule has 0 aromatic heterocycles. The molecule has 1 atom stereocenters. The lowest BCUT2D eigenvalue weighted by molar-refractivity contribution is -0.124. The van der Waals surface area contributed by atoms with E-state index in [4.69, 9.17) is 4.74 Å². The van der Waals surface area contributed by atoms with Crippen LogP contribution in [0.25, 0.3) is 0 Å². The number of aryl methyl sites for hydroxylation is 1. The molecule has 0 spiro atoms. The summed E-state index contributed by atoms with van der Waals surface area (Å²) in [5.74, 6) is -1.25. The number of fused-ring (bicyclic) bond motifs is 1. The zero-order valence-electron chi connectivity index (χ0n) is 16.8. The highest BCUT2D eigenvalue weighted by Crippen LogP contribution is 2.26. The van der Waals surface area contributed by atoms with Crippen LogP contribution in [0.2, 0.25) is 0 Å². The summed E-state index contributed by atoms with van der Waals surface area (Å²) in [4.78, 5) is 27.0. The summed E-state index contributed by atoms with van der Waals surface area (Å²) in [6.45, 7) is 2.63. The fourth-order valence-corrected chi connectivity index (χ4v) is 4.05. The van der Waals surface area contributed by atoms with Crippen LogP contribution in [0, 0.1) is 5.82 Å². The molecular weight excluding hydrogens is 385 g/mol. The number of nitrogens with zero attached hydrogens (tertiary/aromatic N) is 1. The summed E-state index contributed by atoms with van der Waals surface area (Å²) in [7, 11) is 0. The highest BCUT2D eigenvalue weighted by molar-refractivity contribution is 5.98. The van der Waals surface area contributed by atoms with Gasteiger partial charge in [-0.05, 0) is 55.5 Å². The van der Waals surface area contributed by atoms with Crippen molar-refractivity contribution in [2.75, 3.05) is 36.5 Å². The van der Waals surface area contributed by atoms with Crippen molar-refractivity contribution in [2.45, 2.75) is 31.8 Å². The van der Waals surface area contributed by atoms with Gasteiger partial charge in [0.1, 0.15) is 11.9 Å². The van der Waals surface area contributed by atoms with Gasteiger partial charge in [0.25, 0.3) is 11.8 Å². The summed E-state index contributed by atoms with van der Waals surface area (Å²) in [6.07, 6.45) is 3.12. The van der Waals surface area contributed by atoms with Crippen molar-refractivity contribution in [2.24, 2.45) is 0 Å². The van der Waals surface area contributed by atoms with E-state index in [1.165, 1.54) is 29.4 Å². The normalized spacial score (nSPS) is 18.0. The Morgan fingerprint density at radius 2 is 2.03 bits per heavy atom. The SMILES string of the molecule is O=C(NCCN1CCCc2ccccc21)c1cc(F)cc(NC(=O)C2CCCO2)c1. The average Bonchev–Trinajstić information content (AvgIpc) is 3.28. The Hall–Kier alpha value is -2.93. The van der Waals surface area contributed by atoms with Crippen LogP contribution in [0.4, 0.5) is 15.8 Å². The van der Waals surface area contributed by atoms with Gasteiger partial charge in [-0.15, -0.1) is 0 Å². The molecule has 2 aromatic carbocycles. The van der Waals surface area contributed by atoms with Gasteiger partial charge in [-0.1, -0.05) is 18.2 Å². The van der Waals surface area contributed by atoms with Gasteiger partial charge in [0.2, 0.25) is 0 Å². The van der Waals surface area contributed by atoms with Gasteiger partial charge in [-0.3, -0.25) is 9.59 Å². The molecule has 1 saturated heterocycles. The van der Waals surface area contributed by atoms with E-state index in [-0.39, 0.29) is 23.1 Å². The number of halogens is 1. The van der Waals surface area contributed by atoms with Gasteiger partial charge in [-0.2, -0.15) is 0 Å². The van der Waals surface area contributed by atoms with Gasteiger partial charge in [0.05, 0.1) is 0 Å². The molecule has 0 radical (unpaired) electrons. The van der Waals surface area contributed by atoms with Crippen molar-refractivity contribution in [1.29, 1.82) is 0 Å². The van der Waals surface area contributed by atoms with E-state index < -0.39 is 11.9 Å². The van der Waals surface area contributed by atoms with Crippen molar-refractivity contribution in [1.82, 2.24) is 5.32 Å². The maximum atomic E-state index is 14.0. The maximum Gasteiger partial charge on any atom is 0.253 e. The Bertz CT molecular complexity index is 928. The van der Waals surface area contributed by atoms with Crippen LogP contribution >= 0.6 is 0 Å². The first-order valence-corrected chi connectivity index (χ1v) is 10.4. The van der Waals surface area contributed by atoms with E-state index in [0.29, 0.717) is 26.1 Å². The summed E-state index contributed by atoms with van der Waals surface area (Å²) in [5.41, 5.74) is 2.97. The van der Waals surface area contributed by atoms with Crippen molar-refractivity contribution in [3.8, 4) is 0 Å². The molecule has 158 valence electrons. The van der Waals surface area contributed by atoms with Crippen LogP contribution in [0.5, 0.6) is 0 Å². The van der Waals surface area contributed by atoms with E-state index in [1.807, 2.05) is 12.1 Å². The third-order valence-electron chi connectivity index (χ3n) is 5.52. The van der Waals surface area contributed by atoms with Gasteiger partial charge >= 0.3 is 0 Å². The topological polar surface area (TPSA) is 70.7 Å². The second-order valence-corrected chi connectivity index (χ2v) is 7.69. The minimum absolute atomic E-state index is 0.177. The average molecular weight is 411 g/mol. The Morgan fingerprint density at radius 3 is 2.87 bits per heavy atom. The Balaban J connectivity index is 1.34. The van der Waals surface area contributed by atoms with Crippen molar-refractivity contribution < 1.29 is 18.7 Å². The van der Waals surface area contributed by atoms with E-state index >= 15 is 0 Å². The second kappa shape index (κ2) is 9.26. The van der Waals surface area contributed by atoms with E-state index in [0.717, 1.165) is 25.8 Å². The standard InChI is InChI=1S/C23H26FN3O3/c24-18-13-17(14-19(15-18)26-23(29)21-8-4-12-30-21)22(28)25-9-11-27-10-3-6-16-5-1-2-7-20(16)27/h1-2,5,7,13-15,21H,3-4,6,8-12H2,(H,25,28)(H,26,29). The summed E-state index contributed by atoms with van der Waals surface area (Å²) in [6, 6.07) is 12.2. The Labute approximate surface area is 175 Å². The number of anilines is 2. The molecule has 2 amide bonds. The molecular formula is C23H26FN3O3. The molecule has 1 fully saturated rings. The predicted molar refractivity (Wildman–Crippen MR) is 113 cm³/mol. The predicted octanol–water partition coefficient (Wildman–Crippen LogP) is 3.13. The highest BCUT2D eigenvalue weighted by atomic mass is 19.1. The van der Waals surface area contributed by atoms with Gasteiger partial charge in [0.15, 0.2) is 0 Å². The largest absolute Gasteiger partial charge is 0.370 e. The van der Waals surface area contributed by atoms with Crippen LogP contribution < -0.4 is 15.5 Å². The molecule has 6 nitrogen and oxygen atoms in total. The zero-order valence-corrected chi connectivity index (χ0v) is 16.8. The number of amides is 2. The number of nitrogens with one attached hydrogen (secondary N) is 2. The van der Waals surface area contributed by atoms with Crippen LogP contribution in [-0.2, 0) is 16.0 Å². The molecule has 7 heteroatoms. The maximum absolute atomic E-state index is 14.0. The van der Waals surface area contributed by atoms with Crippen molar-refractivity contribution in [3.63, 3.8) is 0 Å². The molecule has 2 aromatic rings. The molecule has 2 aliphatic rings. The Morgan fingerprint density at radius 1 is 1.17 bits per heavy atom. The molecule has 1 unspecified atom stereocenters. The van der Waals surface area contributed by atoms with Gasteiger partial charge in [-0.25, -0.2) is 4.39 Å². The van der Waals surface area contributed by atoms with Gasteiger partial charge < -0.3 is 20.3 Å². The Kier molecular flexibility index (Phi) is 6.28. The number of hydrogen-bond acceptors (Lipinski definition) is 4. The lowest BCUT2D eigenvalue weighted by Gasteiger charge is -2.31. The molecule has 2 heterocycles. The first-order valence-electron chi connectivity index (χ1n) is 10.4. The number of hydrogen-bond donors (Lipinski definition) is 2. The molecule has 2 N–H and O–H groups in total. The van der Waals surface area contributed by atoms with Crippen LogP contribution in [0.1, 0.15) is 35.2 Å². The minimum Gasteiger partial charge on any atom is -0.370 e. The number of ether oxygens (including phenoxy) is 1. The fourth-order valence-electron chi connectivity index (χ4n) is 4.05. The number of rotatable bonds is 6. The first kappa shape index (κ1) is 20.3. The number of benzene rings is 2. The van der Waals surface area contributed by atoms with Gasteiger partial charge in [0, 0.05) is 43.2 Å². The third kappa shape index (κ3) is 4.79. The summed E-state index contributed by atoms with van der Waals surface area (Å²) < 4.78 is 19.4. The summed E-state index contributed by atoms with van der Waals surface area (Å²) >= 11 is 0.